The molecule has 1 aromatic rings. The summed E-state index contributed by atoms with van der Waals surface area (Å²) in [6.45, 7) is 2.13. The Hall–Kier alpha value is -1.84. The van der Waals surface area contributed by atoms with Gasteiger partial charge in [-0.1, -0.05) is 62.9 Å². The molecule has 0 aliphatic rings. The lowest BCUT2D eigenvalue weighted by Gasteiger charge is -2.15. The van der Waals surface area contributed by atoms with Gasteiger partial charge in [0.05, 0.1) is 6.42 Å². The number of amides is 2. The van der Waals surface area contributed by atoms with Gasteiger partial charge in [0.15, 0.2) is 0 Å². The molecule has 0 heterocycles. The van der Waals surface area contributed by atoms with Gasteiger partial charge in [-0.05, 0) is 12.0 Å². The van der Waals surface area contributed by atoms with Gasteiger partial charge < -0.3 is 11.1 Å². The van der Waals surface area contributed by atoms with Gasteiger partial charge >= 0.3 is 0 Å². The second-order valence-corrected chi connectivity index (χ2v) is 5.03. The maximum absolute atomic E-state index is 11.9. The molecule has 0 spiro atoms. The number of primary amides is 1. The third-order valence-corrected chi connectivity index (χ3v) is 3.23. The van der Waals surface area contributed by atoms with Crippen molar-refractivity contribution in [1.29, 1.82) is 0 Å². The second kappa shape index (κ2) is 9.13. The van der Waals surface area contributed by atoms with Crippen LogP contribution in [-0.4, -0.2) is 17.9 Å². The zero-order valence-corrected chi connectivity index (χ0v) is 12.1. The van der Waals surface area contributed by atoms with E-state index in [1.807, 2.05) is 30.3 Å². The molecule has 0 saturated heterocycles. The van der Waals surface area contributed by atoms with E-state index in [9.17, 15) is 9.59 Å². The van der Waals surface area contributed by atoms with Crippen LogP contribution >= 0.6 is 0 Å². The highest BCUT2D eigenvalue weighted by Crippen LogP contribution is 2.06. The number of hydrogen-bond acceptors (Lipinski definition) is 2. The van der Waals surface area contributed by atoms with Crippen LogP contribution in [-0.2, 0) is 16.0 Å². The van der Waals surface area contributed by atoms with Crippen LogP contribution in [0.25, 0.3) is 0 Å². The topological polar surface area (TPSA) is 72.2 Å². The fourth-order valence-electron chi connectivity index (χ4n) is 2.09. The Labute approximate surface area is 120 Å². The van der Waals surface area contributed by atoms with E-state index in [0.29, 0.717) is 6.42 Å². The van der Waals surface area contributed by atoms with Gasteiger partial charge in [0, 0.05) is 0 Å². The predicted molar refractivity (Wildman–Crippen MR) is 80.0 cm³/mol. The van der Waals surface area contributed by atoms with E-state index >= 15 is 0 Å². The quantitative estimate of drug-likeness (QED) is 0.678. The summed E-state index contributed by atoms with van der Waals surface area (Å²) in [5.41, 5.74) is 6.27. The van der Waals surface area contributed by atoms with Crippen LogP contribution in [0.2, 0.25) is 0 Å². The molecule has 3 N–H and O–H groups in total. The Bertz CT molecular complexity index is 418. The molecule has 0 saturated carbocycles. The van der Waals surface area contributed by atoms with E-state index in [0.717, 1.165) is 31.2 Å². The first-order valence-corrected chi connectivity index (χ1v) is 7.26. The van der Waals surface area contributed by atoms with Crippen molar-refractivity contribution in [3.8, 4) is 0 Å². The third kappa shape index (κ3) is 6.36. The summed E-state index contributed by atoms with van der Waals surface area (Å²) < 4.78 is 0. The number of nitrogens with two attached hydrogens (primary N) is 1. The molecule has 4 nitrogen and oxygen atoms in total. The Morgan fingerprint density at radius 2 is 1.85 bits per heavy atom. The van der Waals surface area contributed by atoms with Crippen molar-refractivity contribution in [2.45, 2.75) is 51.5 Å². The SMILES string of the molecule is CCCCCC[C@@H](NC(=O)Cc1ccccc1)C(N)=O. The molecular weight excluding hydrogens is 252 g/mol. The van der Waals surface area contributed by atoms with Gasteiger partial charge in [0.2, 0.25) is 11.8 Å². The lowest BCUT2D eigenvalue weighted by Crippen LogP contribution is -2.44. The Kier molecular flexibility index (Phi) is 7.40. The Balaban J connectivity index is 2.40. The van der Waals surface area contributed by atoms with Crippen LogP contribution in [0.15, 0.2) is 30.3 Å². The van der Waals surface area contributed by atoms with E-state index in [-0.39, 0.29) is 12.3 Å². The molecule has 2 amide bonds. The molecule has 0 aliphatic heterocycles. The highest BCUT2D eigenvalue weighted by atomic mass is 16.2. The van der Waals surface area contributed by atoms with Gasteiger partial charge in [0.25, 0.3) is 0 Å². The molecule has 0 bridgehead atoms. The summed E-state index contributed by atoms with van der Waals surface area (Å²) in [4.78, 5) is 23.3. The second-order valence-electron chi connectivity index (χ2n) is 5.03. The number of carbonyl (C=O) groups excluding carboxylic acids is 2. The highest BCUT2D eigenvalue weighted by molar-refractivity contribution is 5.87. The van der Waals surface area contributed by atoms with Gasteiger partial charge in [-0.3, -0.25) is 9.59 Å². The first-order valence-electron chi connectivity index (χ1n) is 7.26. The van der Waals surface area contributed by atoms with Crippen molar-refractivity contribution in [3.05, 3.63) is 35.9 Å². The molecule has 1 atom stereocenters. The van der Waals surface area contributed by atoms with Crippen LogP contribution in [0.5, 0.6) is 0 Å². The van der Waals surface area contributed by atoms with Gasteiger partial charge in [0.1, 0.15) is 6.04 Å². The molecule has 0 radical (unpaired) electrons. The maximum Gasteiger partial charge on any atom is 0.239 e. The fraction of sp³-hybridized carbons (Fsp3) is 0.500. The van der Waals surface area contributed by atoms with Crippen molar-refractivity contribution in [2.24, 2.45) is 5.73 Å². The Morgan fingerprint density at radius 3 is 2.45 bits per heavy atom. The van der Waals surface area contributed by atoms with Crippen molar-refractivity contribution in [2.75, 3.05) is 0 Å². The van der Waals surface area contributed by atoms with E-state index in [2.05, 4.69) is 12.2 Å². The van der Waals surface area contributed by atoms with E-state index in [1.165, 1.54) is 0 Å². The number of carbonyl (C=O) groups is 2. The molecule has 0 fully saturated rings. The first-order chi connectivity index (χ1) is 9.63. The molecule has 0 aromatic heterocycles. The van der Waals surface area contributed by atoms with Crippen molar-refractivity contribution in [1.82, 2.24) is 5.32 Å². The average Bonchev–Trinajstić information content (AvgIpc) is 2.43. The van der Waals surface area contributed by atoms with Crippen LogP contribution in [0.4, 0.5) is 0 Å². The number of benzene rings is 1. The summed E-state index contributed by atoms with van der Waals surface area (Å²) >= 11 is 0. The molecule has 0 aliphatic carbocycles. The van der Waals surface area contributed by atoms with Crippen molar-refractivity contribution in [3.63, 3.8) is 0 Å². The zero-order valence-electron chi connectivity index (χ0n) is 12.1. The summed E-state index contributed by atoms with van der Waals surface area (Å²) in [6, 6.07) is 8.91. The van der Waals surface area contributed by atoms with E-state index in [1.54, 1.807) is 0 Å². The number of unbranched alkanes of at least 4 members (excludes halogenated alkanes) is 3. The standard InChI is InChI=1S/C16H24N2O2/c1-2-3-4-8-11-14(16(17)20)18-15(19)12-13-9-6-5-7-10-13/h5-7,9-10,14H,2-4,8,11-12H2,1H3,(H2,17,20)(H,18,19)/t14-/m1/s1. The molecule has 1 rings (SSSR count). The summed E-state index contributed by atoms with van der Waals surface area (Å²) in [5.74, 6) is -0.613. The molecular formula is C16H24N2O2. The van der Waals surface area contributed by atoms with Crippen molar-refractivity contribution >= 4 is 11.8 Å². The van der Waals surface area contributed by atoms with Crippen LogP contribution < -0.4 is 11.1 Å². The molecule has 4 heteroatoms. The van der Waals surface area contributed by atoms with Gasteiger partial charge in [-0.25, -0.2) is 0 Å². The lowest BCUT2D eigenvalue weighted by atomic mass is 10.1. The van der Waals surface area contributed by atoms with Gasteiger partial charge in [-0.2, -0.15) is 0 Å². The summed E-state index contributed by atoms with van der Waals surface area (Å²) in [6.07, 6.45) is 5.16. The van der Waals surface area contributed by atoms with Crippen molar-refractivity contribution < 1.29 is 9.59 Å². The average molecular weight is 276 g/mol. The van der Waals surface area contributed by atoms with Crippen LogP contribution in [0.3, 0.4) is 0 Å². The number of rotatable bonds is 9. The normalized spacial score (nSPS) is 11.8. The number of hydrogen-bond donors (Lipinski definition) is 2. The zero-order chi connectivity index (χ0) is 14.8. The lowest BCUT2D eigenvalue weighted by molar-refractivity contribution is -0.127. The fourth-order valence-corrected chi connectivity index (χ4v) is 2.09. The molecule has 0 unspecified atom stereocenters. The first kappa shape index (κ1) is 16.2. The molecule has 20 heavy (non-hydrogen) atoms. The monoisotopic (exact) mass is 276 g/mol. The largest absolute Gasteiger partial charge is 0.368 e. The summed E-state index contributed by atoms with van der Waals surface area (Å²) in [7, 11) is 0. The Morgan fingerprint density at radius 1 is 1.15 bits per heavy atom. The minimum Gasteiger partial charge on any atom is -0.368 e. The van der Waals surface area contributed by atoms with Gasteiger partial charge in [-0.15, -0.1) is 0 Å². The maximum atomic E-state index is 11.9. The third-order valence-electron chi connectivity index (χ3n) is 3.23. The highest BCUT2D eigenvalue weighted by Gasteiger charge is 2.17. The van der Waals surface area contributed by atoms with E-state index in [4.69, 9.17) is 5.73 Å². The van der Waals surface area contributed by atoms with Crippen LogP contribution in [0.1, 0.15) is 44.6 Å². The minimum absolute atomic E-state index is 0.157. The minimum atomic E-state index is -0.553. The van der Waals surface area contributed by atoms with Crippen LogP contribution in [0, 0.1) is 0 Å². The smallest absolute Gasteiger partial charge is 0.239 e. The number of nitrogens with one attached hydrogen (secondary N) is 1. The predicted octanol–water partition coefficient (Wildman–Crippen LogP) is 2.17. The molecule has 1 aromatic carbocycles. The van der Waals surface area contributed by atoms with E-state index < -0.39 is 11.9 Å². The summed E-state index contributed by atoms with van der Waals surface area (Å²) in [5, 5.41) is 2.73. The molecule has 110 valence electrons.